The standard InChI is InChI=1S/C29H34N2O4.C6H5NO2/c1-20-24(27(32)34-4)17-25(21(2)30-20)28(33)35-29(3)15-16-31(19-29)18-26(22-11-7-5-8-12-22)23-13-9-6-10-14-23;8-7(9)6-4-2-1-3-5-6/h5-14,26,30H,15-19H2,1-4H3;1-5H/t29-;/m1./s1. The first-order chi connectivity index (χ1) is 21.1. The van der Waals surface area contributed by atoms with Gasteiger partial charge in [0.15, 0.2) is 0 Å². The van der Waals surface area contributed by atoms with Crippen LogP contribution in [-0.2, 0) is 19.1 Å². The summed E-state index contributed by atoms with van der Waals surface area (Å²) in [6.07, 6.45) is 0.966. The van der Waals surface area contributed by atoms with Crippen molar-refractivity contribution in [1.82, 2.24) is 10.2 Å². The van der Waals surface area contributed by atoms with Crippen molar-refractivity contribution < 1.29 is 24.0 Å². The summed E-state index contributed by atoms with van der Waals surface area (Å²) in [4.78, 5) is 37.3. The Labute approximate surface area is 258 Å². The van der Waals surface area contributed by atoms with Crippen molar-refractivity contribution in [3.05, 3.63) is 135 Å². The Hall–Kier alpha value is -4.76. The van der Waals surface area contributed by atoms with Gasteiger partial charge in [0.1, 0.15) is 5.60 Å². The van der Waals surface area contributed by atoms with Crippen LogP contribution < -0.4 is 5.32 Å². The molecule has 0 bridgehead atoms. The van der Waals surface area contributed by atoms with E-state index in [0.717, 1.165) is 19.5 Å². The third kappa shape index (κ3) is 8.20. The summed E-state index contributed by atoms with van der Waals surface area (Å²) in [6.45, 7) is 8.00. The van der Waals surface area contributed by atoms with Crippen LogP contribution in [0.15, 0.2) is 114 Å². The van der Waals surface area contributed by atoms with Crippen LogP contribution in [0.4, 0.5) is 5.69 Å². The molecule has 0 aliphatic carbocycles. The maximum atomic E-state index is 13.2. The summed E-state index contributed by atoms with van der Waals surface area (Å²) in [5.74, 6) is -0.575. The van der Waals surface area contributed by atoms with Gasteiger partial charge in [0.05, 0.1) is 23.2 Å². The molecule has 230 valence electrons. The number of hydrogen-bond acceptors (Lipinski definition) is 8. The Morgan fingerprint density at radius 3 is 1.86 bits per heavy atom. The molecule has 2 aliphatic rings. The van der Waals surface area contributed by atoms with E-state index in [1.54, 1.807) is 18.2 Å². The van der Waals surface area contributed by atoms with Crippen LogP contribution in [0.5, 0.6) is 0 Å². The van der Waals surface area contributed by atoms with Gasteiger partial charge in [-0.3, -0.25) is 15.0 Å². The smallest absolute Gasteiger partial charge is 0.336 e. The first-order valence-corrected chi connectivity index (χ1v) is 14.6. The fourth-order valence-corrected chi connectivity index (χ4v) is 5.58. The Morgan fingerprint density at radius 2 is 1.39 bits per heavy atom. The minimum absolute atomic E-state index is 0.137. The fraction of sp³-hybridized carbons (Fsp3) is 0.314. The van der Waals surface area contributed by atoms with E-state index in [4.69, 9.17) is 9.47 Å². The molecule has 3 aromatic rings. The number of benzene rings is 3. The maximum absolute atomic E-state index is 13.2. The molecular formula is C35H39N3O6. The molecule has 1 saturated heterocycles. The molecule has 9 heteroatoms. The lowest BCUT2D eigenvalue weighted by molar-refractivity contribution is -0.384. The molecule has 1 fully saturated rings. The van der Waals surface area contributed by atoms with Gasteiger partial charge in [0, 0.05) is 61.9 Å². The van der Waals surface area contributed by atoms with Crippen molar-refractivity contribution in [2.45, 2.75) is 45.1 Å². The first-order valence-electron chi connectivity index (χ1n) is 14.6. The van der Waals surface area contributed by atoms with Gasteiger partial charge in [0.2, 0.25) is 0 Å². The summed E-state index contributed by atoms with van der Waals surface area (Å²) >= 11 is 0. The average Bonchev–Trinajstić information content (AvgIpc) is 3.40. The summed E-state index contributed by atoms with van der Waals surface area (Å²) < 4.78 is 11.0. The lowest BCUT2D eigenvalue weighted by Gasteiger charge is -2.29. The van der Waals surface area contributed by atoms with Gasteiger partial charge in [-0.1, -0.05) is 78.9 Å². The Morgan fingerprint density at radius 1 is 0.886 bits per heavy atom. The molecule has 0 unspecified atom stereocenters. The second-order valence-electron chi connectivity index (χ2n) is 11.3. The van der Waals surface area contributed by atoms with Crippen LogP contribution >= 0.6 is 0 Å². The molecule has 0 saturated carbocycles. The van der Waals surface area contributed by atoms with Crippen LogP contribution in [0.2, 0.25) is 0 Å². The quantitative estimate of drug-likeness (QED) is 0.187. The summed E-state index contributed by atoms with van der Waals surface area (Å²) in [5.41, 5.74) is 4.44. The zero-order chi connectivity index (χ0) is 31.7. The zero-order valence-corrected chi connectivity index (χ0v) is 25.6. The number of esters is 2. The van der Waals surface area contributed by atoms with Crippen LogP contribution in [-0.4, -0.2) is 54.1 Å². The number of rotatable bonds is 8. The number of allylic oxidation sites excluding steroid dienone is 2. The highest BCUT2D eigenvalue weighted by atomic mass is 16.6. The van der Waals surface area contributed by atoms with Crippen LogP contribution in [0, 0.1) is 10.1 Å². The topological polar surface area (TPSA) is 111 Å². The van der Waals surface area contributed by atoms with Gasteiger partial charge in [-0.15, -0.1) is 0 Å². The molecule has 1 atom stereocenters. The summed E-state index contributed by atoms with van der Waals surface area (Å²) in [6, 6.07) is 29.0. The lowest BCUT2D eigenvalue weighted by atomic mass is 9.91. The third-order valence-electron chi connectivity index (χ3n) is 7.98. The molecule has 0 amide bonds. The number of nitro benzene ring substituents is 1. The number of ether oxygens (including phenoxy) is 2. The van der Waals surface area contributed by atoms with Crippen molar-refractivity contribution in [1.29, 1.82) is 0 Å². The van der Waals surface area contributed by atoms with E-state index in [9.17, 15) is 19.7 Å². The van der Waals surface area contributed by atoms with Gasteiger partial charge >= 0.3 is 11.9 Å². The molecule has 0 aromatic heterocycles. The molecule has 3 aromatic carbocycles. The SMILES string of the molecule is COC(=O)C1=C(C)NC(C)=C(C(=O)O[C@]2(C)CCN(CC(c3ccccc3)c3ccccc3)C2)C1.O=[N+]([O-])c1ccccc1. The lowest BCUT2D eigenvalue weighted by Crippen LogP contribution is -2.38. The number of hydrogen-bond donors (Lipinski definition) is 1. The predicted octanol–water partition coefficient (Wildman–Crippen LogP) is 6.14. The van der Waals surface area contributed by atoms with Gasteiger partial charge in [-0.05, 0) is 31.9 Å². The highest BCUT2D eigenvalue weighted by Crippen LogP contribution is 2.33. The van der Waals surface area contributed by atoms with Crippen molar-refractivity contribution in [3.63, 3.8) is 0 Å². The van der Waals surface area contributed by atoms with Crippen LogP contribution in [0.1, 0.15) is 50.7 Å². The predicted molar refractivity (Wildman–Crippen MR) is 169 cm³/mol. The van der Waals surface area contributed by atoms with Crippen LogP contribution in [0.25, 0.3) is 0 Å². The summed E-state index contributed by atoms with van der Waals surface area (Å²) in [5, 5.41) is 13.1. The normalized spacial score (nSPS) is 18.3. The Kier molecular flexibility index (Phi) is 10.7. The monoisotopic (exact) mass is 597 g/mol. The van der Waals surface area contributed by atoms with Gasteiger partial charge < -0.3 is 14.8 Å². The fourth-order valence-electron chi connectivity index (χ4n) is 5.58. The largest absolute Gasteiger partial charge is 0.466 e. The van der Waals surface area contributed by atoms with Crippen molar-refractivity contribution in [2.75, 3.05) is 26.7 Å². The molecule has 9 nitrogen and oxygen atoms in total. The minimum atomic E-state index is -0.593. The second-order valence-corrected chi connectivity index (χ2v) is 11.3. The number of nitrogens with zero attached hydrogens (tertiary/aromatic N) is 2. The van der Waals surface area contributed by atoms with Crippen molar-refractivity contribution >= 4 is 17.6 Å². The van der Waals surface area contributed by atoms with E-state index in [1.807, 2.05) is 32.9 Å². The van der Waals surface area contributed by atoms with Gasteiger partial charge in [-0.25, -0.2) is 9.59 Å². The van der Waals surface area contributed by atoms with Crippen LogP contribution in [0.3, 0.4) is 0 Å². The maximum Gasteiger partial charge on any atom is 0.336 e. The molecule has 44 heavy (non-hydrogen) atoms. The van der Waals surface area contributed by atoms with E-state index in [0.29, 0.717) is 29.1 Å². The molecule has 0 spiro atoms. The second kappa shape index (κ2) is 14.6. The number of para-hydroxylation sites is 1. The Bertz CT molecular complexity index is 1480. The number of dihydropyridines is 1. The van der Waals surface area contributed by atoms with E-state index in [-0.39, 0.29) is 24.0 Å². The van der Waals surface area contributed by atoms with Gasteiger partial charge in [0.25, 0.3) is 5.69 Å². The number of carbonyl (C=O) groups excluding carboxylic acids is 2. The van der Waals surface area contributed by atoms with Crippen molar-refractivity contribution in [3.8, 4) is 0 Å². The van der Waals surface area contributed by atoms with Gasteiger partial charge in [-0.2, -0.15) is 0 Å². The Balaban J connectivity index is 0.000000421. The number of nitrogens with one attached hydrogen (secondary N) is 1. The number of nitro groups is 1. The zero-order valence-electron chi connectivity index (χ0n) is 25.6. The van der Waals surface area contributed by atoms with E-state index in [2.05, 4.69) is 58.7 Å². The van der Waals surface area contributed by atoms with Crippen molar-refractivity contribution in [2.24, 2.45) is 0 Å². The molecule has 0 radical (unpaired) electrons. The van der Waals surface area contributed by atoms with E-state index in [1.165, 1.54) is 30.4 Å². The highest BCUT2D eigenvalue weighted by Gasteiger charge is 2.39. The van der Waals surface area contributed by atoms with E-state index >= 15 is 0 Å². The highest BCUT2D eigenvalue weighted by molar-refractivity contribution is 5.96. The number of methoxy groups -OCH3 is 1. The first kappa shape index (κ1) is 32.2. The molecule has 1 N–H and O–H groups in total. The minimum Gasteiger partial charge on any atom is -0.466 e. The summed E-state index contributed by atoms with van der Waals surface area (Å²) in [7, 11) is 1.35. The number of carbonyl (C=O) groups is 2. The molecular weight excluding hydrogens is 558 g/mol. The number of non-ortho nitro benzene ring substituents is 1. The molecule has 5 rings (SSSR count). The third-order valence-corrected chi connectivity index (χ3v) is 7.98. The molecule has 2 aliphatic heterocycles. The molecule has 2 heterocycles. The average molecular weight is 598 g/mol. The van der Waals surface area contributed by atoms with E-state index < -0.39 is 16.5 Å². The number of likely N-dealkylation sites (tertiary alicyclic amines) is 1.